The van der Waals surface area contributed by atoms with Crippen molar-refractivity contribution in [2.24, 2.45) is 16.7 Å². The standard InChI is InChI=1S/C26H32N2O3S/c1-17-9-10-18(23(29)27-24-25(2,3)21-11-12-26(24,4)14-21)13-22(17)32(30,31)28-15-19-7-5-6-8-20(19)16-28/h5-10,13,21,24H,11-12,14-16H2,1-4H3,(H,27,29)/t21-,24?,26-/m1/s1. The topological polar surface area (TPSA) is 66.5 Å². The van der Waals surface area contributed by atoms with E-state index in [-0.39, 0.29) is 27.7 Å². The van der Waals surface area contributed by atoms with Gasteiger partial charge in [0.15, 0.2) is 0 Å². The minimum Gasteiger partial charge on any atom is -0.348 e. The molecule has 2 aliphatic carbocycles. The van der Waals surface area contributed by atoms with E-state index < -0.39 is 10.0 Å². The molecule has 2 bridgehead atoms. The Hall–Kier alpha value is -2.18. The molecule has 5 nitrogen and oxygen atoms in total. The molecule has 3 aliphatic rings. The fraction of sp³-hybridized carbons (Fsp3) is 0.500. The molecule has 0 radical (unpaired) electrons. The third kappa shape index (κ3) is 3.22. The lowest BCUT2D eigenvalue weighted by Gasteiger charge is -2.43. The van der Waals surface area contributed by atoms with Gasteiger partial charge in [-0.15, -0.1) is 0 Å². The molecule has 1 amide bonds. The summed E-state index contributed by atoms with van der Waals surface area (Å²) in [5, 5.41) is 3.29. The fourth-order valence-electron chi connectivity index (χ4n) is 6.51. The van der Waals surface area contributed by atoms with Crippen LogP contribution >= 0.6 is 0 Å². The van der Waals surface area contributed by atoms with Crippen molar-refractivity contribution in [3.05, 3.63) is 64.7 Å². The van der Waals surface area contributed by atoms with Gasteiger partial charge in [-0.1, -0.05) is 51.1 Å². The smallest absolute Gasteiger partial charge is 0.251 e. The van der Waals surface area contributed by atoms with Crippen LogP contribution in [0.1, 0.15) is 67.1 Å². The number of carbonyl (C=O) groups is 1. The van der Waals surface area contributed by atoms with Crippen LogP contribution in [0.15, 0.2) is 47.4 Å². The number of benzene rings is 2. The van der Waals surface area contributed by atoms with E-state index in [1.807, 2.05) is 24.3 Å². The number of carbonyl (C=O) groups excluding carboxylic acids is 1. The molecule has 0 spiro atoms. The normalized spacial score (nSPS) is 28.6. The third-order valence-corrected chi connectivity index (χ3v) is 10.4. The molecule has 0 aromatic heterocycles. The van der Waals surface area contributed by atoms with Crippen LogP contribution in [-0.2, 0) is 23.1 Å². The van der Waals surface area contributed by atoms with E-state index in [1.165, 1.54) is 10.7 Å². The first-order valence-electron chi connectivity index (χ1n) is 11.5. The SMILES string of the molecule is Cc1ccc(C(=O)NC2C(C)(C)[C@@H]3CC[C@]2(C)C3)cc1S(=O)(=O)N1Cc2ccccc2C1. The molecule has 170 valence electrons. The van der Waals surface area contributed by atoms with Crippen molar-refractivity contribution in [1.82, 2.24) is 9.62 Å². The van der Waals surface area contributed by atoms with Crippen molar-refractivity contribution in [3.8, 4) is 0 Å². The van der Waals surface area contributed by atoms with E-state index >= 15 is 0 Å². The second-order valence-corrected chi connectivity index (χ2v) is 12.8. The molecular weight excluding hydrogens is 420 g/mol. The number of rotatable bonds is 4. The van der Waals surface area contributed by atoms with E-state index in [0.717, 1.165) is 24.0 Å². The Kier molecular flexibility index (Phi) is 4.84. The van der Waals surface area contributed by atoms with Gasteiger partial charge in [-0.25, -0.2) is 8.42 Å². The summed E-state index contributed by atoms with van der Waals surface area (Å²) in [6, 6.07) is 13.0. The highest BCUT2D eigenvalue weighted by Crippen LogP contribution is 2.62. The van der Waals surface area contributed by atoms with Gasteiger partial charge in [-0.3, -0.25) is 4.79 Å². The van der Waals surface area contributed by atoms with E-state index in [0.29, 0.717) is 30.1 Å². The molecule has 3 atom stereocenters. The van der Waals surface area contributed by atoms with Crippen LogP contribution in [-0.4, -0.2) is 24.7 Å². The second-order valence-electron chi connectivity index (χ2n) is 10.8. The molecule has 5 rings (SSSR count). The summed E-state index contributed by atoms with van der Waals surface area (Å²) < 4.78 is 28.5. The lowest BCUT2D eigenvalue weighted by atomic mass is 9.68. The summed E-state index contributed by atoms with van der Waals surface area (Å²) in [5.74, 6) is 0.446. The maximum atomic E-state index is 13.5. The van der Waals surface area contributed by atoms with Gasteiger partial charge in [0, 0.05) is 24.7 Å². The van der Waals surface area contributed by atoms with Crippen molar-refractivity contribution in [1.29, 1.82) is 0 Å². The number of aryl methyl sites for hydroxylation is 1. The first-order chi connectivity index (χ1) is 15.0. The Labute approximate surface area is 191 Å². The summed E-state index contributed by atoms with van der Waals surface area (Å²) in [7, 11) is -3.71. The predicted octanol–water partition coefficient (Wildman–Crippen LogP) is 4.64. The summed E-state index contributed by atoms with van der Waals surface area (Å²) in [6.07, 6.45) is 3.50. The van der Waals surface area contributed by atoms with Crippen LogP contribution in [0.25, 0.3) is 0 Å². The third-order valence-electron chi connectivity index (χ3n) is 8.43. The molecule has 6 heteroatoms. The second kappa shape index (κ2) is 7.16. The Balaban J connectivity index is 1.41. The van der Waals surface area contributed by atoms with E-state index in [2.05, 4.69) is 26.1 Å². The summed E-state index contributed by atoms with van der Waals surface area (Å²) in [4.78, 5) is 13.5. The highest BCUT2D eigenvalue weighted by Gasteiger charge is 2.59. The van der Waals surface area contributed by atoms with Crippen molar-refractivity contribution >= 4 is 15.9 Å². The quantitative estimate of drug-likeness (QED) is 0.735. The number of hydrogen-bond acceptors (Lipinski definition) is 3. The zero-order valence-corrected chi connectivity index (χ0v) is 20.1. The van der Waals surface area contributed by atoms with Crippen molar-refractivity contribution in [2.45, 2.75) is 71.0 Å². The molecule has 1 aliphatic heterocycles. The first kappa shape index (κ1) is 21.7. The van der Waals surface area contributed by atoms with Gasteiger partial charge in [-0.2, -0.15) is 4.31 Å². The number of nitrogens with one attached hydrogen (secondary N) is 1. The average molecular weight is 453 g/mol. The van der Waals surface area contributed by atoms with Gasteiger partial charge in [0.05, 0.1) is 4.90 Å². The number of nitrogens with zero attached hydrogens (tertiary/aromatic N) is 1. The van der Waals surface area contributed by atoms with Crippen LogP contribution in [0.4, 0.5) is 0 Å². The zero-order chi connectivity index (χ0) is 22.9. The average Bonchev–Trinajstić information content (AvgIpc) is 3.40. The van der Waals surface area contributed by atoms with Gasteiger partial charge < -0.3 is 5.32 Å². The maximum absolute atomic E-state index is 13.5. The van der Waals surface area contributed by atoms with Crippen LogP contribution < -0.4 is 5.32 Å². The van der Waals surface area contributed by atoms with Gasteiger partial charge in [0.2, 0.25) is 10.0 Å². The summed E-state index contributed by atoms with van der Waals surface area (Å²) >= 11 is 0. The first-order valence-corrected chi connectivity index (χ1v) is 12.9. The monoisotopic (exact) mass is 452 g/mol. The molecule has 1 N–H and O–H groups in total. The van der Waals surface area contributed by atoms with Crippen LogP contribution in [0.2, 0.25) is 0 Å². The van der Waals surface area contributed by atoms with Gasteiger partial charge in [0.25, 0.3) is 5.91 Å². The van der Waals surface area contributed by atoms with Crippen LogP contribution in [0.5, 0.6) is 0 Å². The van der Waals surface area contributed by atoms with Crippen molar-refractivity contribution < 1.29 is 13.2 Å². The molecule has 1 heterocycles. The minimum atomic E-state index is -3.71. The highest BCUT2D eigenvalue weighted by atomic mass is 32.2. The van der Waals surface area contributed by atoms with Gasteiger partial charge in [-0.05, 0) is 71.8 Å². The number of sulfonamides is 1. The number of amides is 1. The van der Waals surface area contributed by atoms with Gasteiger partial charge in [0.1, 0.15) is 0 Å². The summed E-state index contributed by atoms with van der Waals surface area (Å²) in [6.45, 7) is 9.31. The zero-order valence-electron chi connectivity index (χ0n) is 19.3. The molecule has 2 aromatic carbocycles. The molecule has 1 unspecified atom stereocenters. The fourth-order valence-corrected chi connectivity index (χ4v) is 8.15. The minimum absolute atomic E-state index is 0.0452. The molecule has 2 fully saturated rings. The Morgan fingerprint density at radius 2 is 1.72 bits per heavy atom. The lowest BCUT2D eigenvalue weighted by Crippen LogP contribution is -2.52. The molecule has 32 heavy (non-hydrogen) atoms. The van der Waals surface area contributed by atoms with Gasteiger partial charge >= 0.3 is 0 Å². The molecule has 2 saturated carbocycles. The largest absolute Gasteiger partial charge is 0.348 e. The van der Waals surface area contributed by atoms with E-state index in [9.17, 15) is 13.2 Å². The van der Waals surface area contributed by atoms with Crippen molar-refractivity contribution in [3.63, 3.8) is 0 Å². The molecule has 0 saturated heterocycles. The van der Waals surface area contributed by atoms with E-state index in [4.69, 9.17) is 0 Å². The lowest BCUT2D eigenvalue weighted by molar-refractivity contribution is 0.0737. The predicted molar refractivity (Wildman–Crippen MR) is 125 cm³/mol. The van der Waals surface area contributed by atoms with Crippen LogP contribution in [0, 0.1) is 23.7 Å². The Bertz CT molecular complexity index is 1170. The Morgan fingerprint density at radius 3 is 2.31 bits per heavy atom. The number of hydrogen-bond donors (Lipinski definition) is 1. The van der Waals surface area contributed by atoms with Crippen LogP contribution in [0.3, 0.4) is 0 Å². The van der Waals surface area contributed by atoms with E-state index in [1.54, 1.807) is 25.1 Å². The molecule has 2 aromatic rings. The summed E-state index contributed by atoms with van der Waals surface area (Å²) in [5.41, 5.74) is 3.30. The maximum Gasteiger partial charge on any atom is 0.251 e. The number of fused-ring (bicyclic) bond motifs is 3. The van der Waals surface area contributed by atoms with Crippen molar-refractivity contribution in [2.75, 3.05) is 0 Å². The molecular formula is C26H32N2O3S. The Morgan fingerprint density at radius 1 is 1.06 bits per heavy atom. The highest BCUT2D eigenvalue weighted by molar-refractivity contribution is 7.89.